The van der Waals surface area contributed by atoms with Crippen molar-refractivity contribution in [3.8, 4) is 0 Å². The number of rotatable bonds is 32. The predicted octanol–water partition coefficient (Wildman–Crippen LogP) is 9.81. The molecule has 7 heteroatoms. The molecule has 0 spiro atoms. The molecule has 0 fully saturated rings. The maximum absolute atomic E-state index is 13.3. The SMILES string of the molecule is CCCCCCCCCCCCCC(=O)C(CSCCC(=O)O)(C(=O)O)C(=O)CCCCCCCCCCCCC. The van der Waals surface area contributed by atoms with Gasteiger partial charge in [-0.2, -0.15) is 11.8 Å². The van der Waals surface area contributed by atoms with Crippen molar-refractivity contribution in [1.82, 2.24) is 0 Å². The normalized spacial score (nSPS) is 11.6. The van der Waals surface area contributed by atoms with Crippen molar-refractivity contribution in [3.63, 3.8) is 0 Å². The van der Waals surface area contributed by atoms with E-state index in [9.17, 15) is 24.3 Å². The molecule has 41 heavy (non-hydrogen) atoms. The van der Waals surface area contributed by atoms with E-state index < -0.39 is 28.9 Å². The number of thioether (sulfide) groups is 1. The first kappa shape index (κ1) is 39.6. The van der Waals surface area contributed by atoms with Gasteiger partial charge in [0.2, 0.25) is 0 Å². The van der Waals surface area contributed by atoms with Crippen LogP contribution in [0.3, 0.4) is 0 Å². The molecule has 6 nitrogen and oxygen atoms in total. The number of aliphatic carboxylic acids is 2. The number of carbonyl (C=O) groups excluding carboxylic acids is 2. The molecule has 240 valence electrons. The maximum Gasteiger partial charge on any atom is 0.325 e. The van der Waals surface area contributed by atoms with E-state index in [1.54, 1.807) is 0 Å². The van der Waals surface area contributed by atoms with Crippen molar-refractivity contribution in [2.75, 3.05) is 11.5 Å². The largest absolute Gasteiger partial charge is 0.481 e. The number of carboxylic acids is 2. The molecule has 0 aliphatic rings. The highest BCUT2D eigenvalue weighted by atomic mass is 32.2. The number of Topliss-reactive ketones (excluding diaryl/α,β-unsaturated/α-hetero) is 2. The van der Waals surface area contributed by atoms with E-state index in [4.69, 9.17) is 5.11 Å². The van der Waals surface area contributed by atoms with Crippen molar-refractivity contribution >= 4 is 35.3 Å². The molecule has 0 saturated carbocycles. The lowest BCUT2D eigenvalue weighted by Crippen LogP contribution is -2.48. The van der Waals surface area contributed by atoms with Crippen LogP contribution in [0.1, 0.15) is 174 Å². The van der Waals surface area contributed by atoms with Crippen molar-refractivity contribution < 1.29 is 29.4 Å². The van der Waals surface area contributed by atoms with E-state index in [0.717, 1.165) is 50.3 Å². The zero-order valence-corrected chi connectivity index (χ0v) is 27.3. The molecule has 0 unspecified atom stereocenters. The standard InChI is InChI=1S/C34H62O6S/c1-3-5-7-9-11-13-15-17-19-21-23-25-30(35)34(33(39)40,29-41-28-27-32(37)38)31(36)26-24-22-20-18-16-14-12-10-8-6-4-2/h3-29H2,1-2H3,(H,37,38)(H,39,40). The second-order valence-electron chi connectivity index (χ2n) is 11.8. The van der Waals surface area contributed by atoms with Gasteiger partial charge >= 0.3 is 11.9 Å². The number of carbonyl (C=O) groups is 4. The van der Waals surface area contributed by atoms with Crippen LogP contribution >= 0.6 is 11.8 Å². The molecule has 0 aliphatic carbocycles. The smallest absolute Gasteiger partial charge is 0.325 e. The lowest BCUT2D eigenvalue weighted by Gasteiger charge is -2.26. The van der Waals surface area contributed by atoms with E-state index in [1.807, 2.05) is 0 Å². The molecular weight excluding hydrogens is 536 g/mol. The van der Waals surface area contributed by atoms with Gasteiger partial charge in [-0.15, -0.1) is 0 Å². The number of unbranched alkanes of at least 4 members (excludes halogenated alkanes) is 20. The first-order chi connectivity index (χ1) is 19.8. The monoisotopic (exact) mass is 598 g/mol. The van der Waals surface area contributed by atoms with Gasteiger partial charge in [-0.05, 0) is 12.8 Å². The molecule has 0 bridgehead atoms. The van der Waals surface area contributed by atoms with Crippen LogP contribution < -0.4 is 0 Å². The molecule has 0 aromatic heterocycles. The molecule has 2 N–H and O–H groups in total. The minimum absolute atomic E-state index is 0.0901. The second-order valence-corrected chi connectivity index (χ2v) is 12.9. The van der Waals surface area contributed by atoms with Gasteiger partial charge in [0.1, 0.15) is 0 Å². The van der Waals surface area contributed by atoms with Crippen LogP contribution in [0.4, 0.5) is 0 Å². The first-order valence-electron chi connectivity index (χ1n) is 16.9. The molecule has 0 saturated heterocycles. The zero-order chi connectivity index (χ0) is 30.6. The van der Waals surface area contributed by atoms with Crippen LogP contribution in [-0.4, -0.2) is 45.2 Å². The van der Waals surface area contributed by atoms with Gasteiger partial charge in [0.25, 0.3) is 0 Å². The van der Waals surface area contributed by atoms with Gasteiger partial charge in [0.15, 0.2) is 17.0 Å². The fraction of sp³-hybridized carbons (Fsp3) is 0.882. The van der Waals surface area contributed by atoms with Gasteiger partial charge in [-0.25, -0.2) is 0 Å². The summed E-state index contributed by atoms with van der Waals surface area (Å²) in [5.74, 6) is -3.35. The Morgan fingerprint density at radius 1 is 0.488 bits per heavy atom. The minimum Gasteiger partial charge on any atom is -0.481 e. The number of ketones is 2. The van der Waals surface area contributed by atoms with Crippen LogP contribution in [0, 0.1) is 5.41 Å². The number of hydrogen-bond acceptors (Lipinski definition) is 5. The first-order valence-corrected chi connectivity index (χ1v) is 18.1. The maximum atomic E-state index is 13.3. The lowest BCUT2D eigenvalue weighted by atomic mass is 9.77. The van der Waals surface area contributed by atoms with E-state index in [1.165, 1.54) is 89.9 Å². The van der Waals surface area contributed by atoms with Crippen molar-refractivity contribution in [1.29, 1.82) is 0 Å². The topological polar surface area (TPSA) is 109 Å². The van der Waals surface area contributed by atoms with Crippen LogP contribution in [0.2, 0.25) is 0 Å². The Labute approximate surface area is 255 Å². The molecule has 0 radical (unpaired) electrons. The average molecular weight is 599 g/mol. The molecule has 0 atom stereocenters. The van der Waals surface area contributed by atoms with Crippen molar-refractivity contribution in [2.24, 2.45) is 5.41 Å². The van der Waals surface area contributed by atoms with Crippen molar-refractivity contribution in [2.45, 2.75) is 174 Å². The Bertz CT molecular complexity index is 655. The summed E-state index contributed by atoms with van der Waals surface area (Å²) in [6.07, 6.45) is 25.0. The predicted molar refractivity (Wildman–Crippen MR) is 172 cm³/mol. The van der Waals surface area contributed by atoms with Gasteiger partial charge in [0, 0.05) is 24.3 Å². The Hall–Kier alpha value is -1.37. The Kier molecular flexibility index (Phi) is 26.5. The van der Waals surface area contributed by atoms with Gasteiger partial charge < -0.3 is 10.2 Å². The van der Waals surface area contributed by atoms with Crippen LogP contribution in [-0.2, 0) is 19.2 Å². The van der Waals surface area contributed by atoms with Crippen LogP contribution in [0.5, 0.6) is 0 Å². The van der Waals surface area contributed by atoms with E-state index in [2.05, 4.69) is 13.8 Å². The summed E-state index contributed by atoms with van der Waals surface area (Å²) in [6, 6.07) is 0. The fourth-order valence-electron chi connectivity index (χ4n) is 5.33. The summed E-state index contributed by atoms with van der Waals surface area (Å²) < 4.78 is 0. The molecule has 0 rings (SSSR count). The molecular formula is C34H62O6S. The third kappa shape index (κ3) is 20.2. The van der Waals surface area contributed by atoms with E-state index >= 15 is 0 Å². The summed E-state index contributed by atoms with van der Waals surface area (Å²) >= 11 is 1.09. The Morgan fingerprint density at radius 2 is 0.805 bits per heavy atom. The van der Waals surface area contributed by atoms with Gasteiger partial charge in [-0.3, -0.25) is 19.2 Å². The minimum atomic E-state index is -2.06. The molecule has 0 aromatic carbocycles. The highest BCUT2D eigenvalue weighted by molar-refractivity contribution is 7.99. The molecule has 0 aromatic rings. The molecule has 0 heterocycles. The fourth-order valence-corrected chi connectivity index (χ4v) is 6.54. The number of carboxylic acid groups (broad SMARTS) is 2. The highest BCUT2D eigenvalue weighted by Gasteiger charge is 2.51. The Balaban J connectivity index is 4.64. The number of hydrogen-bond donors (Lipinski definition) is 2. The third-order valence-electron chi connectivity index (χ3n) is 8.11. The summed E-state index contributed by atoms with van der Waals surface area (Å²) in [6.45, 7) is 4.44. The summed E-state index contributed by atoms with van der Waals surface area (Å²) in [4.78, 5) is 50.0. The second kappa shape index (κ2) is 27.5. The van der Waals surface area contributed by atoms with E-state index in [0.29, 0.717) is 12.8 Å². The Morgan fingerprint density at radius 3 is 1.10 bits per heavy atom. The average Bonchev–Trinajstić information content (AvgIpc) is 2.94. The summed E-state index contributed by atoms with van der Waals surface area (Å²) in [5, 5.41) is 19.1. The molecule has 0 aliphatic heterocycles. The summed E-state index contributed by atoms with van der Waals surface area (Å²) in [7, 11) is 0. The van der Waals surface area contributed by atoms with Crippen LogP contribution in [0.15, 0.2) is 0 Å². The highest BCUT2D eigenvalue weighted by Crippen LogP contribution is 2.31. The van der Waals surface area contributed by atoms with Crippen LogP contribution in [0.25, 0.3) is 0 Å². The molecule has 0 amide bonds. The van der Waals surface area contributed by atoms with E-state index in [-0.39, 0.29) is 30.8 Å². The van der Waals surface area contributed by atoms with Gasteiger partial charge in [-0.1, -0.05) is 142 Å². The van der Waals surface area contributed by atoms with Crippen molar-refractivity contribution in [3.05, 3.63) is 0 Å². The zero-order valence-electron chi connectivity index (χ0n) is 26.5. The summed E-state index contributed by atoms with van der Waals surface area (Å²) in [5.41, 5.74) is -2.06. The van der Waals surface area contributed by atoms with Gasteiger partial charge in [0.05, 0.1) is 6.42 Å². The quantitative estimate of drug-likeness (QED) is 0.0586. The third-order valence-corrected chi connectivity index (χ3v) is 9.24. The lowest BCUT2D eigenvalue weighted by molar-refractivity contribution is -0.158.